The van der Waals surface area contributed by atoms with E-state index in [1.807, 2.05) is 24.3 Å². The summed E-state index contributed by atoms with van der Waals surface area (Å²) in [6.45, 7) is 0.871. The molecule has 0 aliphatic carbocycles. The monoisotopic (exact) mass is 412 g/mol. The summed E-state index contributed by atoms with van der Waals surface area (Å²) in [5, 5.41) is 12.8. The van der Waals surface area contributed by atoms with Gasteiger partial charge < -0.3 is 19.9 Å². The maximum atomic E-state index is 12.8. The first-order valence-electron chi connectivity index (χ1n) is 9.69. The van der Waals surface area contributed by atoms with Gasteiger partial charge >= 0.3 is 18.0 Å². The molecule has 2 unspecified atom stereocenters. The second kappa shape index (κ2) is 10.4. The van der Waals surface area contributed by atoms with Gasteiger partial charge in [-0.3, -0.25) is 4.90 Å². The van der Waals surface area contributed by atoms with Gasteiger partial charge in [0.25, 0.3) is 0 Å². The molecule has 158 valence electrons. The summed E-state index contributed by atoms with van der Waals surface area (Å²) in [7, 11) is 0. The van der Waals surface area contributed by atoms with Crippen molar-refractivity contribution in [2.24, 2.45) is 0 Å². The number of carboxylic acids is 1. The number of hydrogen-bond acceptors (Lipinski definition) is 6. The molecule has 1 aliphatic rings. The minimum absolute atomic E-state index is 0.0261. The zero-order valence-corrected chi connectivity index (χ0v) is 16.4. The summed E-state index contributed by atoms with van der Waals surface area (Å²) in [5.41, 5.74) is 1.48. The van der Waals surface area contributed by atoms with E-state index in [1.165, 1.54) is 0 Å². The summed E-state index contributed by atoms with van der Waals surface area (Å²) >= 11 is 0. The molecular weight excluding hydrogens is 388 g/mol. The number of amides is 1. The van der Waals surface area contributed by atoms with Crippen LogP contribution in [0.15, 0.2) is 60.7 Å². The highest BCUT2D eigenvalue weighted by Crippen LogP contribution is 2.18. The van der Waals surface area contributed by atoms with E-state index in [2.05, 4.69) is 5.32 Å². The molecule has 0 radical (unpaired) electrons. The third-order valence-corrected chi connectivity index (χ3v) is 4.80. The quantitative estimate of drug-likeness (QED) is 0.506. The fourth-order valence-corrected chi connectivity index (χ4v) is 3.28. The molecule has 3 rings (SSSR count). The van der Waals surface area contributed by atoms with Gasteiger partial charge in [0.05, 0.1) is 6.04 Å². The van der Waals surface area contributed by atoms with Crippen LogP contribution in [0.1, 0.15) is 17.5 Å². The van der Waals surface area contributed by atoms with Gasteiger partial charge in [-0.2, -0.15) is 0 Å². The predicted molar refractivity (Wildman–Crippen MR) is 107 cm³/mol. The molecule has 2 aromatic rings. The van der Waals surface area contributed by atoms with Crippen molar-refractivity contribution in [2.75, 3.05) is 13.1 Å². The molecule has 8 heteroatoms. The number of esters is 1. The summed E-state index contributed by atoms with van der Waals surface area (Å²) in [5.74, 6) is -2.47. The summed E-state index contributed by atoms with van der Waals surface area (Å²) in [4.78, 5) is 38.4. The summed E-state index contributed by atoms with van der Waals surface area (Å²) in [6.07, 6.45) is -0.354. The van der Waals surface area contributed by atoms with Gasteiger partial charge in [-0.25, -0.2) is 14.4 Å². The largest absolute Gasteiger partial charge is 0.479 e. The van der Waals surface area contributed by atoms with Crippen LogP contribution in [0, 0.1) is 0 Å². The molecule has 0 spiro atoms. The molecular formula is C22H24N2O6. The first kappa shape index (κ1) is 21.3. The van der Waals surface area contributed by atoms with Crippen LogP contribution in [-0.4, -0.2) is 53.2 Å². The number of benzene rings is 2. The average Bonchev–Trinajstić information content (AvgIpc) is 3.29. The first-order chi connectivity index (χ1) is 14.6. The Morgan fingerprint density at radius 3 is 2.03 bits per heavy atom. The van der Waals surface area contributed by atoms with E-state index in [1.54, 1.807) is 36.4 Å². The van der Waals surface area contributed by atoms with E-state index in [9.17, 15) is 19.5 Å². The molecule has 1 heterocycles. The number of carbonyl (C=O) groups excluding carboxylic acids is 2. The van der Waals surface area contributed by atoms with Crippen LogP contribution in [0.4, 0.5) is 4.79 Å². The Balaban J connectivity index is 1.73. The molecule has 2 N–H and O–H groups in total. The molecule has 1 fully saturated rings. The van der Waals surface area contributed by atoms with Crippen LogP contribution in [0.2, 0.25) is 0 Å². The van der Waals surface area contributed by atoms with Crippen LogP contribution >= 0.6 is 0 Å². The highest BCUT2D eigenvalue weighted by molar-refractivity contribution is 6.01. The SMILES string of the molecule is O=C(O)C(C(=O)OCc1ccccc1)N(C(=O)OCc1ccccc1)C1CCNC1. The fourth-order valence-electron chi connectivity index (χ4n) is 3.28. The molecule has 0 bridgehead atoms. The second-order valence-electron chi connectivity index (χ2n) is 6.93. The molecule has 1 amide bonds. The van der Waals surface area contributed by atoms with E-state index in [4.69, 9.17) is 9.47 Å². The van der Waals surface area contributed by atoms with E-state index >= 15 is 0 Å². The number of hydrogen-bond donors (Lipinski definition) is 2. The Bertz CT molecular complexity index is 852. The van der Waals surface area contributed by atoms with Gasteiger partial charge in [-0.05, 0) is 24.1 Å². The van der Waals surface area contributed by atoms with Crippen LogP contribution < -0.4 is 5.32 Å². The maximum Gasteiger partial charge on any atom is 0.411 e. The maximum absolute atomic E-state index is 12.8. The number of ether oxygens (including phenoxy) is 2. The van der Waals surface area contributed by atoms with E-state index < -0.39 is 30.1 Å². The van der Waals surface area contributed by atoms with Crippen molar-refractivity contribution < 1.29 is 29.0 Å². The van der Waals surface area contributed by atoms with E-state index in [0.29, 0.717) is 19.5 Å². The third kappa shape index (κ3) is 5.57. The number of carbonyl (C=O) groups is 3. The highest BCUT2D eigenvalue weighted by Gasteiger charge is 2.43. The number of rotatable bonds is 8. The highest BCUT2D eigenvalue weighted by atomic mass is 16.6. The number of nitrogens with zero attached hydrogens (tertiary/aromatic N) is 1. The van der Waals surface area contributed by atoms with Crippen molar-refractivity contribution in [3.05, 3.63) is 71.8 Å². The Morgan fingerprint density at radius 1 is 0.967 bits per heavy atom. The van der Waals surface area contributed by atoms with Gasteiger partial charge in [0.2, 0.25) is 6.04 Å². The Hall–Kier alpha value is -3.39. The van der Waals surface area contributed by atoms with Gasteiger partial charge in [0.1, 0.15) is 13.2 Å². The Kier molecular flexibility index (Phi) is 7.40. The van der Waals surface area contributed by atoms with E-state index in [-0.39, 0.29) is 13.2 Å². The Labute approximate surface area is 174 Å². The lowest BCUT2D eigenvalue weighted by Gasteiger charge is -2.31. The van der Waals surface area contributed by atoms with Crippen molar-refractivity contribution in [2.45, 2.75) is 31.7 Å². The lowest BCUT2D eigenvalue weighted by Crippen LogP contribution is -2.55. The molecule has 30 heavy (non-hydrogen) atoms. The lowest BCUT2D eigenvalue weighted by atomic mass is 10.1. The minimum atomic E-state index is -1.79. The zero-order chi connectivity index (χ0) is 21.3. The smallest absolute Gasteiger partial charge is 0.411 e. The summed E-state index contributed by atoms with van der Waals surface area (Å²) < 4.78 is 10.6. The van der Waals surface area contributed by atoms with Crippen molar-refractivity contribution in [3.8, 4) is 0 Å². The van der Waals surface area contributed by atoms with Gasteiger partial charge in [0.15, 0.2) is 0 Å². The number of carboxylic acid groups (broad SMARTS) is 1. The van der Waals surface area contributed by atoms with Crippen LogP contribution in [0.5, 0.6) is 0 Å². The van der Waals surface area contributed by atoms with Crippen LogP contribution in [0.3, 0.4) is 0 Å². The number of nitrogens with one attached hydrogen (secondary N) is 1. The van der Waals surface area contributed by atoms with Crippen LogP contribution in [-0.2, 0) is 32.3 Å². The number of aliphatic carboxylic acids is 1. The van der Waals surface area contributed by atoms with Crippen molar-refractivity contribution in [1.29, 1.82) is 0 Å². The fraction of sp³-hybridized carbons (Fsp3) is 0.318. The van der Waals surface area contributed by atoms with Crippen molar-refractivity contribution in [1.82, 2.24) is 10.2 Å². The Morgan fingerprint density at radius 2 is 1.53 bits per heavy atom. The average molecular weight is 412 g/mol. The molecule has 2 aromatic carbocycles. The van der Waals surface area contributed by atoms with E-state index in [0.717, 1.165) is 16.0 Å². The molecule has 1 saturated heterocycles. The summed E-state index contributed by atoms with van der Waals surface area (Å²) in [6, 6.07) is 15.7. The normalized spacial score (nSPS) is 16.5. The zero-order valence-electron chi connectivity index (χ0n) is 16.4. The first-order valence-corrected chi connectivity index (χ1v) is 9.69. The third-order valence-electron chi connectivity index (χ3n) is 4.80. The van der Waals surface area contributed by atoms with Gasteiger partial charge in [0, 0.05) is 6.54 Å². The van der Waals surface area contributed by atoms with Crippen molar-refractivity contribution in [3.63, 3.8) is 0 Å². The molecule has 2 atom stereocenters. The lowest BCUT2D eigenvalue weighted by molar-refractivity contribution is -0.162. The van der Waals surface area contributed by atoms with Gasteiger partial charge in [-0.1, -0.05) is 60.7 Å². The minimum Gasteiger partial charge on any atom is -0.479 e. The molecule has 0 saturated carbocycles. The molecule has 1 aliphatic heterocycles. The standard InChI is InChI=1S/C22H24N2O6/c25-20(26)19(21(27)29-14-16-7-3-1-4-8-16)24(18-11-12-23-13-18)22(28)30-15-17-9-5-2-6-10-17/h1-10,18-19,23H,11-15H2,(H,25,26). The van der Waals surface area contributed by atoms with Crippen molar-refractivity contribution >= 4 is 18.0 Å². The molecule has 8 nitrogen and oxygen atoms in total. The van der Waals surface area contributed by atoms with Crippen LogP contribution in [0.25, 0.3) is 0 Å². The molecule has 0 aromatic heterocycles. The second-order valence-corrected chi connectivity index (χ2v) is 6.93. The predicted octanol–water partition coefficient (Wildman–Crippen LogP) is 2.18. The van der Waals surface area contributed by atoms with Gasteiger partial charge in [-0.15, -0.1) is 0 Å². The topological polar surface area (TPSA) is 105 Å².